The molecule has 0 saturated heterocycles. The van der Waals surface area contributed by atoms with Gasteiger partial charge >= 0.3 is 0 Å². The van der Waals surface area contributed by atoms with Crippen LogP contribution in [0.3, 0.4) is 0 Å². The van der Waals surface area contributed by atoms with Crippen molar-refractivity contribution in [1.82, 2.24) is 14.1 Å². The second-order valence-corrected chi connectivity index (χ2v) is 10.8. The molecular weight excluding hydrogens is 466 g/mol. The molecule has 0 bridgehead atoms. The molecule has 3 aromatic rings. The van der Waals surface area contributed by atoms with E-state index in [1.807, 2.05) is 55.5 Å². The van der Waals surface area contributed by atoms with Crippen LogP contribution in [0.15, 0.2) is 59.6 Å². The first-order chi connectivity index (χ1) is 16.8. The lowest BCUT2D eigenvalue weighted by Gasteiger charge is -2.36. The monoisotopic (exact) mass is 499 g/mol. The van der Waals surface area contributed by atoms with E-state index in [-0.39, 0.29) is 18.1 Å². The molecule has 0 atom stereocenters. The number of hydrogen-bond acceptors (Lipinski definition) is 6. The van der Waals surface area contributed by atoms with E-state index in [0.717, 1.165) is 24.0 Å². The summed E-state index contributed by atoms with van der Waals surface area (Å²) in [5, 5.41) is 15.4. The number of aryl methyl sites for hydroxylation is 1. The molecule has 0 spiro atoms. The lowest BCUT2D eigenvalue weighted by Crippen LogP contribution is -2.36. The number of aromatic nitrogens is 2. The molecule has 4 rings (SSSR count). The van der Waals surface area contributed by atoms with Gasteiger partial charge in [-0.2, -0.15) is 9.40 Å². The van der Waals surface area contributed by atoms with Gasteiger partial charge in [0, 0.05) is 25.7 Å². The van der Waals surface area contributed by atoms with Crippen molar-refractivity contribution >= 4 is 10.0 Å². The highest BCUT2D eigenvalue weighted by atomic mass is 32.2. The average Bonchev–Trinajstić information content (AvgIpc) is 3.28. The molecule has 1 fully saturated rings. The van der Waals surface area contributed by atoms with Gasteiger partial charge in [0.1, 0.15) is 17.1 Å². The summed E-state index contributed by atoms with van der Waals surface area (Å²) in [5.74, 6) is 1.41. The van der Waals surface area contributed by atoms with Gasteiger partial charge in [-0.15, -0.1) is 0 Å². The first-order valence-corrected chi connectivity index (χ1v) is 13.3. The summed E-state index contributed by atoms with van der Waals surface area (Å²) >= 11 is 0. The van der Waals surface area contributed by atoms with Crippen LogP contribution in [0, 0.1) is 0 Å². The highest BCUT2D eigenvalue weighted by Crippen LogP contribution is 2.42. The molecule has 0 amide bonds. The molecule has 35 heavy (non-hydrogen) atoms. The molecule has 1 aliphatic rings. The van der Waals surface area contributed by atoms with Gasteiger partial charge in [-0.3, -0.25) is 4.68 Å². The Kier molecular flexibility index (Phi) is 7.49. The Balaban J connectivity index is 1.70. The van der Waals surface area contributed by atoms with E-state index >= 15 is 0 Å². The van der Waals surface area contributed by atoms with Gasteiger partial charge < -0.3 is 14.6 Å². The zero-order valence-corrected chi connectivity index (χ0v) is 21.3. The Morgan fingerprint density at radius 3 is 1.89 bits per heavy atom. The molecule has 1 heterocycles. The standard InChI is InChI=1S/C26H33N3O5S/c1-4-16-29-24(26(30)14-5-15-26)17-25(27-29)35(31,32)28(18-20-6-10-22(33-2)11-7-20)19-21-8-12-23(34-3)13-9-21/h6-13,17,30H,4-5,14-16,18-19H2,1-3H3. The van der Waals surface area contributed by atoms with Crippen LogP contribution in [0.2, 0.25) is 0 Å². The quantitative estimate of drug-likeness (QED) is 0.427. The number of sulfonamides is 1. The third-order valence-corrected chi connectivity index (χ3v) is 8.16. The van der Waals surface area contributed by atoms with E-state index in [1.54, 1.807) is 25.0 Å². The van der Waals surface area contributed by atoms with Gasteiger partial charge in [-0.05, 0) is 61.1 Å². The number of hydrogen-bond donors (Lipinski definition) is 1. The van der Waals surface area contributed by atoms with Gasteiger partial charge in [-0.1, -0.05) is 31.2 Å². The third-order valence-electron chi connectivity index (χ3n) is 6.49. The van der Waals surface area contributed by atoms with E-state index in [4.69, 9.17) is 9.47 Å². The van der Waals surface area contributed by atoms with Crippen molar-refractivity contribution in [3.8, 4) is 11.5 Å². The highest BCUT2D eigenvalue weighted by Gasteiger charge is 2.41. The van der Waals surface area contributed by atoms with E-state index in [2.05, 4.69) is 5.10 Å². The van der Waals surface area contributed by atoms with Gasteiger partial charge in [0.2, 0.25) is 0 Å². The number of rotatable bonds is 11. The van der Waals surface area contributed by atoms with E-state index in [0.29, 0.717) is 36.6 Å². The molecule has 9 heteroatoms. The molecule has 1 saturated carbocycles. The van der Waals surface area contributed by atoms with Crippen LogP contribution in [-0.4, -0.2) is 41.8 Å². The van der Waals surface area contributed by atoms with Gasteiger partial charge in [-0.25, -0.2) is 8.42 Å². The number of methoxy groups -OCH3 is 2. The summed E-state index contributed by atoms with van der Waals surface area (Å²) in [6, 6.07) is 16.2. The van der Waals surface area contributed by atoms with E-state index < -0.39 is 15.6 Å². The molecule has 8 nitrogen and oxygen atoms in total. The van der Waals surface area contributed by atoms with Crippen molar-refractivity contribution in [1.29, 1.82) is 0 Å². The molecule has 1 aliphatic carbocycles. The minimum absolute atomic E-state index is 0.0386. The molecule has 1 N–H and O–H groups in total. The first kappa shape index (κ1) is 25.2. The zero-order valence-electron chi connectivity index (χ0n) is 20.5. The van der Waals surface area contributed by atoms with Crippen molar-refractivity contribution in [2.24, 2.45) is 0 Å². The number of aliphatic hydroxyl groups is 1. The van der Waals surface area contributed by atoms with Crippen molar-refractivity contribution in [3.63, 3.8) is 0 Å². The Labute approximate surface area is 207 Å². The largest absolute Gasteiger partial charge is 0.497 e. The minimum atomic E-state index is -3.97. The number of benzene rings is 2. The topological polar surface area (TPSA) is 93.9 Å². The van der Waals surface area contributed by atoms with Crippen LogP contribution < -0.4 is 9.47 Å². The first-order valence-electron chi connectivity index (χ1n) is 11.9. The van der Waals surface area contributed by atoms with Crippen molar-refractivity contribution in [3.05, 3.63) is 71.4 Å². The molecule has 0 unspecified atom stereocenters. The number of ether oxygens (including phenoxy) is 2. The average molecular weight is 500 g/mol. The molecular formula is C26H33N3O5S. The Bertz CT molecular complexity index is 1180. The summed E-state index contributed by atoms with van der Waals surface area (Å²) in [7, 11) is -0.780. The molecule has 2 aromatic carbocycles. The maximum absolute atomic E-state index is 13.9. The van der Waals surface area contributed by atoms with Crippen LogP contribution >= 0.6 is 0 Å². The maximum atomic E-state index is 13.9. The van der Waals surface area contributed by atoms with Gasteiger partial charge in [0.05, 0.1) is 19.9 Å². The lowest BCUT2D eigenvalue weighted by atomic mass is 9.78. The third kappa shape index (κ3) is 5.37. The number of nitrogens with zero attached hydrogens (tertiary/aromatic N) is 3. The predicted octanol–water partition coefficient (Wildman–Crippen LogP) is 4.07. The van der Waals surface area contributed by atoms with Crippen molar-refractivity contribution in [2.45, 2.75) is 62.9 Å². The van der Waals surface area contributed by atoms with Gasteiger partial charge in [0.25, 0.3) is 10.0 Å². The fourth-order valence-electron chi connectivity index (χ4n) is 4.27. The van der Waals surface area contributed by atoms with Crippen molar-refractivity contribution < 1.29 is 23.0 Å². The second-order valence-electron chi connectivity index (χ2n) is 8.95. The van der Waals surface area contributed by atoms with Crippen LogP contribution in [0.5, 0.6) is 11.5 Å². The fourth-order valence-corrected chi connectivity index (χ4v) is 5.64. The smallest absolute Gasteiger partial charge is 0.263 e. The van der Waals surface area contributed by atoms with Crippen LogP contribution in [-0.2, 0) is 35.3 Å². The van der Waals surface area contributed by atoms with Crippen LogP contribution in [0.1, 0.15) is 49.4 Å². The van der Waals surface area contributed by atoms with Gasteiger partial charge in [0.15, 0.2) is 5.03 Å². The van der Waals surface area contributed by atoms with Crippen LogP contribution in [0.4, 0.5) is 0 Å². The summed E-state index contributed by atoms with van der Waals surface area (Å²) in [5.41, 5.74) is 1.23. The maximum Gasteiger partial charge on any atom is 0.263 e. The minimum Gasteiger partial charge on any atom is -0.497 e. The Hall–Kier alpha value is -2.88. The summed E-state index contributed by atoms with van der Waals surface area (Å²) in [6.07, 6.45) is 2.93. The predicted molar refractivity (Wildman–Crippen MR) is 133 cm³/mol. The SMILES string of the molecule is CCCn1nc(S(=O)(=O)N(Cc2ccc(OC)cc2)Cc2ccc(OC)cc2)cc1C1(O)CCC1. The van der Waals surface area contributed by atoms with Crippen LogP contribution in [0.25, 0.3) is 0 Å². The normalized spacial score (nSPS) is 15.1. The summed E-state index contributed by atoms with van der Waals surface area (Å²) < 4.78 is 41.4. The van der Waals surface area contributed by atoms with Crippen molar-refractivity contribution in [2.75, 3.05) is 14.2 Å². The fraction of sp³-hybridized carbons (Fsp3) is 0.423. The summed E-state index contributed by atoms with van der Waals surface area (Å²) in [6.45, 7) is 2.88. The lowest BCUT2D eigenvalue weighted by molar-refractivity contribution is -0.0464. The molecule has 0 radical (unpaired) electrons. The second kappa shape index (κ2) is 10.4. The van der Waals surface area contributed by atoms with E-state index in [1.165, 1.54) is 4.31 Å². The molecule has 0 aliphatic heterocycles. The molecule has 1 aromatic heterocycles. The highest BCUT2D eigenvalue weighted by molar-refractivity contribution is 7.89. The zero-order chi connectivity index (χ0) is 25.1. The molecule has 188 valence electrons. The Morgan fingerprint density at radius 2 is 1.49 bits per heavy atom. The Morgan fingerprint density at radius 1 is 0.971 bits per heavy atom. The summed E-state index contributed by atoms with van der Waals surface area (Å²) in [4.78, 5) is 0. The van der Waals surface area contributed by atoms with E-state index in [9.17, 15) is 13.5 Å².